The fraction of sp³-hybridized carbons (Fsp3) is 0.529. The fourth-order valence-electron chi connectivity index (χ4n) is 2.70. The second-order valence-corrected chi connectivity index (χ2v) is 6.02. The predicted molar refractivity (Wildman–Crippen MR) is 85.1 cm³/mol. The molecule has 0 bridgehead atoms. The maximum atomic E-state index is 12.1. The Balaban J connectivity index is 1.76. The molecule has 0 aliphatic carbocycles. The molecule has 25 heavy (non-hydrogen) atoms. The zero-order chi connectivity index (χ0) is 18.4. The normalized spacial score (nSPS) is 17.7. The molecule has 1 heterocycles. The number of hydrogen-bond acceptors (Lipinski definition) is 3. The van der Waals surface area contributed by atoms with Crippen LogP contribution < -0.4 is 10.1 Å². The van der Waals surface area contributed by atoms with Crippen molar-refractivity contribution in [1.29, 1.82) is 0 Å². The lowest BCUT2D eigenvalue weighted by molar-refractivity contribution is -0.144. The molecule has 0 aromatic heterocycles. The SMILES string of the molecule is COc1ccc(CCN2C[C@@H](NC(=O)CCC(F)(F)F)CC2=O)cc1. The van der Waals surface area contributed by atoms with Gasteiger partial charge in [0, 0.05) is 25.9 Å². The Bertz CT molecular complexity index is 602. The number of carbonyl (C=O) groups is 2. The summed E-state index contributed by atoms with van der Waals surface area (Å²) in [6, 6.07) is 7.07. The van der Waals surface area contributed by atoms with Crippen molar-refractivity contribution in [2.75, 3.05) is 20.2 Å². The van der Waals surface area contributed by atoms with Gasteiger partial charge in [0.1, 0.15) is 5.75 Å². The summed E-state index contributed by atoms with van der Waals surface area (Å²) < 4.78 is 41.4. The molecule has 0 saturated carbocycles. The molecular formula is C17H21F3N2O3. The lowest BCUT2D eigenvalue weighted by Crippen LogP contribution is -2.37. The molecule has 1 saturated heterocycles. The third kappa shape index (κ3) is 6.28. The highest BCUT2D eigenvalue weighted by Gasteiger charge is 2.32. The average Bonchev–Trinajstić information content (AvgIpc) is 2.90. The molecule has 1 aliphatic heterocycles. The van der Waals surface area contributed by atoms with Gasteiger partial charge in [-0.1, -0.05) is 12.1 Å². The van der Waals surface area contributed by atoms with Gasteiger partial charge < -0.3 is 15.0 Å². The summed E-state index contributed by atoms with van der Waals surface area (Å²) in [5, 5.41) is 2.51. The van der Waals surface area contributed by atoms with Crippen molar-refractivity contribution >= 4 is 11.8 Å². The topological polar surface area (TPSA) is 58.6 Å². The molecule has 1 N–H and O–H groups in total. The van der Waals surface area contributed by atoms with Gasteiger partial charge in [0.25, 0.3) is 0 Å². The first-order valence-corrected chi connectivity index (χ1v) is 8.03. The Morgan fingerprint density at radius 2 is 2.00 bits per heavy atom. The van der Waals surface area contributed by atoms with E-state index < -0.39 is 31.0 Å². The van der Waals surface area contributed by atoms with Crippen molar-refractivity contribution < 1.29 is 27.5 Å². The third-order valence-electron chi connectivity index (χ3n) is 4.04. The first kappa shape index (κ1) is 19.1. The van der Waals surface area contributed by atoms with Crippen LogP contribution in [0, 0.1) is 0 Å². The quantitative estimate of drug-likeness (QED) is 0.814. The number of alkyl halides is 3. The van der Waals surface area contributed by atoms with Crippen LogP contribution in [0.3, 0.4) is 0 Å². The van der Waals surface area contributed by atoms with E-state index in [-0.39, 0.29) is 12.3 Å². The van der Waals surface area contributed by atoms with E-state index in [0.29, 0.717) is 19.5 Å². The predicted octanol–water partition coefficient (Wildman–Crippen LogP) is 2.30. The van der Waals surface area contributed by atoms with E-state index >= 15 is 0 Å². The minimum Gasteiger partial charge on any atom is -0.497 e. The fourth-order valence-corrected chi connectivity index (χ4v) is 2.70. The van der Waals surface area contributed by atoms with Crippen molar-refractivity contribution in [3.05, 3.63) is 29.8 Å². The summed E-state index contributed by atoms with van der Waals surface area (Å²) in [4.78, 5) is 25.1. The van der Waals surface area contributed by atoms with Crippen LogP contribution in [0.1, 0.15) is 24.8 Å². The van der Waals surface area contributed by atoms with E-state index in [2.05, 4.69) is 5.32 Å². The largest absolute Gasteiger partial charge is 0.497 e. The lowest BCUT2D eigenvalue weighted by atomic mass is 10.1. The number of ether oxygens (including phenoxy) is 1. The summed E-state index contributed by atoms with van der Waals surface area (Å²) in [5.41, 5.74) is 1.05. The number of likely N-dealkylation sites (tertiary alicyclic amines) is 1. The second kappa shape index (κ2) is 8.22. The number of amides is 2. The maximum Gasteiger partial charge on any atom is 0.389 e. The van der Waals surface area contributed by atoms with Crippen LogP contribution in [0.25, 0.3) is 0 Å². The van der Waals surface area contributed by atoms with Gasteiger partial charge >= 0.3 is 6.18 Å². The average molecular weight is 358 g/mol. The van der Waals surface area contributed by atoms with Gasteiger partial charge in [0.15, 0.2) is 0 Å². The molecule has 0 unspecified atom stereocenters. The summed E-state index contributed by atoms with van der Waals surface area (Å²) in [6.45, 7) is 0.826. The number of nitrogens with one attached hydrogen (secondary N) is 1. The van der Waals surface area contributed by atoms with Crippen LogP contribution in [-0.4, -0.2) is 49.1 Å². The summed E-state index contributed by atoms with van der Waals surface area (Å²) >= 11 is 0. The number of nitrogens with zero attached hydrogens (tertiary/aromatic N) is 1. The molecule has 1 fully saturated rings. The highest BCUT2D eigenvalue weighted by molar-refractivity contribution is 5.82. The highest BCUT2D eigenvalue weighted by Crippen LogP contribution is 2.21. The van der Waals surface area contributed by atoms with E-state index in [1.807, 2.05) is 24.3 Å². The molecule has 2 amide bonds. The third-order valence-corrected chi connectivity index (χ3v) is 4.04. The number of halogens is 3. The Kier molecular flexibility index (Phi) is 6.27. The van der Waals surface area contributed by atoms with Crippen LogP contribution in [0.4, 0.5) is 13.2 Å². The van der Waals surface area contributed by atoms with Crippen molar-refractivity contribution in [1.82, 2.24) is 10.2 Å². The van der Waals surface area contributed by atoms with Crippen molar-refractivity contribution in [2.24, 2.45) is 0 Å². The molecule has 0 radical (unpaired) electrons. The van der Waals surface area contributed by atoms with Crippen LogP contribution >= 0.6 is 0 Å². The first-order valence-electron chi connectivity index (χ1n) is 8.03. The molecule has 1 aromatic carbocycles. The van der Waals surface area contributed by atoms with Crippen LogP contribution in [0.5, 0.6) is 5.75 Å². The molecule has 1 aromatic rings. The van der Waals surface area contributed by atoms with Crippen LogP contribution in [0.15, 0.2) is 24.3 Å². The van der Waals surface area contributed by atoms with Gasteiger partial charge in [-0.25, -0.2) is 0 Å². The monoisotopic (exact) mass is 358 g/mol. The molecule has 0 spiro atoms. The van der Waals surface area contributed by atoms with E-state index in [1.165, 1.54) is 0 Å². The zero-order valence-corrected chi connectivity index (χ0v) is 13.9. The standard InChI is InChI=1S/C17H21F3N2O3/c1-25-14-4-2-12(3-5-14)7-9-22-11-13(10-16(22)24)21-15(23)6-8-17(18,19)20/h2-5,13H,6-11H2,1H3,(H,21,23)/t13-/m0/s1. The number of methoxy groups -OCH3 is 1. The van der Waals surface area contributed by atoms with Gasteiger partial charge in [0.05, 0.1) is 19.6 Å². The van der Waals surface area contributed by atoms with Crippen molar-refractivity contribution in [2.45, 2.75) is 37.9 Å². The lowest BCUT2D eigenvalue weighted by Gasteiger charge is -2.17. The van der Waals surface area contributed by atoms with E-state index in [9.17, 15) is 22.8 Å². The smallest absolute Gasteiger partial charge is 0.389 e. The van der Waals surface area contributed by atoms with Crippen LogP contribution in [-0.2, 0) is 16.0 Å². The number of carbonyl (C=O) groups excluding carboxylic acids is 2. The molecule has 5 nitrogen and oxygen atoms in total. The van der Waals surface area contributed by atoms with Gasteiger partial charge in [-0.2, -0.15) is 13.2 Å². The van der Waals surface area contributed by atoms with Crippen molar-refractivity contribution in [3.8, 4) is 5.75 Å². The van der Waals surface area contributed by atoms with Gasteiger partial charge in [-0.05, 0) is 24.1 Å². The van der Waals surface area contributed by atoms with Crippen LogP contribution in [0.2, 0.25) is 0 Å². The van der Waals surface area contributed by atoms with Gasteiger partial charge in [0.2, 0.25) is 11.8 Å². The van der Waals surface area contributed by atoms with E-state index in [1.54, 1.807) is 12.0 Å². The molecule has 8 heteroatoms. The first-order chi connectivity index (χ1) is 11.8. The molecule has 138 valence electrons. The van der Waals surface area contributed by atoms with E-state index in [4.69, 9.17) is 4.74 Å². The number of hydrogen-bond donors (Lipinski definition) is 1. The Morgan fingerprint density at radius 3 is 2.60 bits per heavy atom. The van der Waals surface area contributed by atoms with E-state index in [0.717, 1.165) is 11.3 Å². The minimum atomic E-state index is -4.35. The molecule has 1 aliphatic rings. The van der Waals surface area contributed by atoms with Gasteiger partial charge in [-0.15, -0.1) is 0 Å². The zero-order valence-electron chi connectivity index (χ0n) is 13.9. The van der Waals surface area contributed by atoms with Gasteiger partial charge in [-0.3, -0.25) is 9.59 Å². The Labute approximate surface area is 144 Å². The Hall–Kier alpha value is -2.25. The van der Waals surface area contributed by atoms with Crippen molar-refractivity contribution in [3.63, 3.8) is 0 Å². The molecule has 2 rings (SSSR count). The Morgan fingerprint density at radius 1 is 1.32 bits per heavy atom. The summed E-state index contributed by atoms with van der Waals surface area (Å²) in [7, 11) is 1.58. The minimum absolute atomic E-state index is 0.102. The molecule has 1 atom stereocenters. The maximum absolute atomic E-state index is 12.1. The number of rotatable bonds is 7. The second-order valence-electron chi connectivity index (χ2n) is 6.02. The molecular weight excluding hydrogens is 337 g/mol. The summed E-state index contributed by atoms with van der Waals surface area (Å²) in [5.74, 6) is -0.0237. The number of benzene rings is 1. The highest BCUT2D eigenvalue weighted by atomic mass is 19.4. The summed E-state index contributed by atoms with van der Waals surface area (Å²) in [6.07, 6.45) is -5.33.